The number of hydrogen-bond acceptors (Lipinski definition) is 7. The van der Waals surface area contributed by atoms with Crippen molar-refractivity contribution in [2.75, 3.05) is 6.61 Å². The molecule has 3 rings (SSSR count). The van der Waals surface area contributed by atoms with Crippen molar-refractivity contribution in [1.82, 2.24) is 10.3 Å². The number of hydrogen-bond donors (Lipinski definition) is 4. The maximum absolute atomic E-state index is 11.5. The van der Waals surface area contributed by atoms with E-state index in [2.05, 4.69) is 10.3 Å². The van der Waals surface area contributed by atoms with E-state index in [1.54, 1.807) is 12.1 Å². The standard InChI is InChI=1S/C18H22N2O6/c1-9-6-7-11-4-3-5-12(14(11)19-9)25-18-15(20-10(2)22)17(24)16(23)13(8-21)26-18/h3-7,13,15-18,21,23-24H,8H2,1-2H3,(H,20,22)/t13-,15-,16+,17-,18-/m1/s1. The number of para-hydroxylation sites is 1. The predicted octanol–water partition coefficient (Wildman–Crippen LogP) is -0.134. The number of aryl methyl sites for hydroxylation is 1. The van der Waals surface area contributed by atoms with Crippen molar-refractivity contribution in [2.24, 2.45) is 0 Å². The molecule has 0 aliphatic carbocycles. The Morgan fingerprint density at radius 1 is 1.27 bits per heavy atom. The Morgan fingerprint density at radius 3 is 2.73 bits per heavy atom. The third-order valence-electron chi connectivity index (χ3n) is 4.32. The number of carbonyl (C=O) groups excluding carboxylic acids is 1. The summed E-state index contributed by atoms with van der Waals surface area (Å²) in [6, 6.07) is 8.16. The van der Waals surface area contributed by atoms with Crippen molar-refractivity contribution in [3.05, 3.63) is 36.0 Å². The van der Waals surface area contributed by atoms with E-state index in [0.29, 0.717) is 11.3 Å². The summed E-state index contributed by atoms with van der Waals surface area (Å²) < 4.78 is 11.5. The highest BCUT2D eigenvalue weighted by Crippen LogP contribution is 2.29. The number of benzene rings is 1. The first kappa shape index (κ1) is 18.5. The minimum atomic E-state index is -1.36. The van der Waals surface area contributed by atoms with Crippen LogP contribution in [-0.2, 0) is 9.53 Å². The molecule has 5 atom stereocenters. The van der Waals surface area contributed by atoms with Gasteiger partial charge < -0.3 is 30.1 Å². The van der Waals surface area contributed by atoms with Crippen LogP contribution in [0, 0.1) is 6.92 Å². The number of rotatable bonds is 4. The highest BCUT2D eigenvalue weighted by Gasteiger charge is 2.46. The van der Waals surface area contributed by atoms with E-state index < -0.39 is 43.2 Å². The average Bonchev–Trinajstić information content (AvgIpc) is 2.61. The topological polar surface area (TPSA) is 121 Å². The molecule has 2 aromatic rings. The summed E-state index contributed by atoms with van der Waals surface area (Å²) >= 11 is 0. The molecule has 1 aromatic heterocycles. The second-order valence-electron chi connectivity index (χ2n) is 6.33. The van der Waals surface area contributed by atoms with Gasteiger partial charge in [-0.1, -0.05) is 18.2 Å². The highest BCUT2D eigenvalue weighted by molar-refractivity contribution is 5.84. The van der Waals surface area contributed by atoms with Gasteiger partial charge in [0.1, 0.15) is 35.6 Å². The Morgan fingerprint density at radius 2 is 2.04 bits per heavy atom. The van der Waals surface area contributed by atoms with Crippen LogP contribution in [0.2, 0.25) is 0 Å². The molecule has 0 spiro atoms. The van der Waals surface area contributed by atoms with Gasteiger partial charge in [0.05, 0.1) is 6.61 Å². The summed E-state index contributed by atoms with van der Waals surface area (Å²) in [5.74, 6) is -0.000353. The number of fused-ring (bicyclic) bond motifs is 1. The molecular formula is C18H22N2O6. The minimum Gasteiger partial charge on any atom is -0.460 e. The van der Waals surface area contributed by atoms with Crippen molar-refractivity contribution in [1.29, 1.82) is 0 Å². The van der Waals surface area contributed by atoms with Gasteiger partial charge in [0.25, 0.3) is 0 Å². The summed E-state index contributed by atoms with van der Waals surface area (Å²) in [7, 11) is 0. The Bertz CT molecular complexity index is 798. The van der Waals surface area contributed by atoms with Gasteiger partial charge in [-0.2, -0.15) is 0 Å². The molecule has 4 N–H and O–H groups in total. The summed E-state index contributed by atoms with van der Waals surface area (Å²) in [4.78, 5) is 16.0. The number of ether oxygens (including phenoxy) is 2. The van der Waals surface area contributed by atoms with Gasteiger partial charge >= 0.3 is 0 Å². The maximum Gasteiger partial charge on any atom is 0.223 e. The molecular weight excluding hydrogens is 340 g/mol. The van der Waals surface area contributed by atoms with Crippen LogP contribution in [0.15, 0.2) is 30.3 Å². The number of pyridine rings is 1. The third kappa shape index (κ3) is 3.63. The molecule has 1 aliphatic rings. The van der Waals surface area contributed by atoms with Gasteiger partial charge in [-0.15, -0.1) is 0 Å². The van der Waals surface area contributed by atoms with Crippen LogP contribution in [0.3, 0.4) is 0 Å². The fraction of sp³-hybridized carbons (Fsp3) is 0.444. The summed E-state index contributed by atoms with van der Waals surface area (Å²) in [5.41, 5.74) is 1.42. The van der Waals surface area contributed by atoms with Gasteiger partial charge in [-0.3, -0.25) is 4.79 Å². The van der Waals surface area contributed by atoms with Crippen LogP contribution < -0.4 is 10.1 Å². The Labute approximate surface area is 150 Å². The van der Waals surface area contributed by atoms with Gasteiger partial charge in [0, 0.05) is 18.0 Å². The van der Waals surface area contributed by atoms with E-state index in [-0.39, 0.29) is 0 Å². The van der Waals surface area contributed by atoms with E-state index in [1.165, 1.54) is 6.92 Å². The van der Waals surface area contributed by atoms with E-state index in [4.69, 9.17) is 9.47 Å². The number of carbonyl (C=O) groups is 1. The van der Waals surface area contributed by atoms with Gasteiger partial charge in [-0.25, -0.2) is 4.98 Å². The van der Waals surface area contributed by atoms with Gasteiger partial charge in [-0.05, 0) is 19.1 Å². The van der Waals surface area contributed by atoms with Gasteiger partial charge in [0.15, 0.2) is 0 Å². The SMILES string of the molecule is CC(=O)N[C@H]1[C@H](Oc2cccc3ccc(C)nc23)O[C@H](CO)[C@H](O)[C@@H]1O. The molecule has 0 radical (unpaired) electrons. The third-order valence-corrected chi connectivity index (χ3v) is 4.32. The first-order valence-electron chi connectivity index (χ1n) is 8.33. The molecule has 26 heavy (non-hydrogen) atoms. The molecule has 1 saturated heterocycles. The lowest BCUT2D eigenvalue weighted by Gasteiger charge is -2.42. The Kier molecular flexibility index (Phi) is 5.38. The van der Waals surface area contributed by atoms with E-state index in [0.717, 1.165) is 11.1 Å². The first-order valence-corrected chi connectivity index (χ1v) is 8.33. The van der Waals surface area contributed by atoms with E-state index in [9.17, 15) is 20.1 Å². The Balaban J connectivity index is 1.95. The predicted molar refractivity (Wildman–Crippen MR) is 92.5 cm³/mol. The first-order chi connectivity index (χ1) is 12.4. The number of nitrogens with zero attached hydrogens (tertiary/aromatic N) is 1. The van der Waals surface area contributed by atoms with Crippen molar-refractivity contribution in [3.63, 3.8) is 0 Å². The molecule has 1 fully saturated rings. The lowest BCUT2D eigenvalue weighted by molar-refractivity contribution is -0.244. The summed E-state index contributed by atoms with van der Waals surface area (Å²) in [5, 5.41) is 33.2. The number of amides is 1. The molecule has 0 unspecified atom stereocenters. The van der Waals surface area contributed by atoms with Crippen LogP contribution in [0.25, 0.3) is 10.9 Å². The number of nitrogens with one attached hydrogen (secondary N) is 1. The van der Waals surface area contributed by atoms with Crippen molar-refractivity contribution < 1.29 is 29.6 Å². The molecule has 8 heteroatoms. The molecule has 2 heterocycles. The quantitative estimate of drug-likeness (QED) is 0.598. The molecule has 0 bridgehead atoms. The molecule has 1 amide bonds. The lowest BCUT2D eigenvalue weighted by Crippen LogP contribution is -2.65. The molecule has 1 aliphatic heterocycles. The van der Waals surface area contributed by atoms with Crippen LogP contribution in [-0.4, -0.2) is 63.5 Å². The van der Waals surface area contributed by atoms with Crippen LogP contribution in [0.4, 0.5) is 0 Å². The van der Waals surface area contributed by atoms with Crippen molar-refractivity contribution in [3.8, 4) is 5.75 Å². The molecule has 140 valence electrons. The summed E-state index contributed by atoms with van der Waals surface area (Å²) in [6.45, 7) is 2.64. The lowest BCUT2D eigenvalue weighted by atomic mass is 9.97. The van der Waals surface area contributed by atoms with Crippen LogP contribution in [0.5, 0.6) is 5.75 Å². The maximum atomic E-state index is 11.5. The monoisotopic (exact) mass is 362 g/mol. The Hall–Kier alpha value is -2.26. The van der Waals surface area contributed by atoms with E-state index in [1.807, 2.05) is 25.1 Å². The molecule has 0 saturated carbocycles. The second-order valence-corrected chi connectivity index (χ2v) is 6.33. The van der Waals surface area contributed by atoms with Gasteiger partial charge in [0.2, 0.25) is 12.2 Å². The van der Waals surface area contributed by atoms with Crippen LogP contribution >= 0.6 is 0 Å². The number of aliphatic hydroxyl groups excluding tert-OH is 3. The smallest absolute Gasteiger partial charge is 0.223 e. The normalized spacial score (nSPS) is 28.7. The fourth-order valence-corrected chi connectivity index (χ4v) is 3.01. The number of aromatic nitrogens is 1. The van der Waals surface area contributed by atoms with Crippen LogP contribution in [0.1, 0.15) is 12.6 Å². The average molecular weight is 362 g/mol. The van der Waals surface area contributed by atoms with E-state index >= 15 is 0 Å². The fourth-order valence-electron chi connectivity index (χ4n) is 3.01. The minimum absolute atomic E-state index is 0.409. The zero-order valence-corrected chi connectivity index (χ0v) is 14.5. The van der Waals surface area contributed by atoms with Crippen molar-refractivity contribution >= 4 is 16.8 Å². The zero-order chi connectivity index (χ0) is 18.8. The largest absolute Gasteiger partial charge is 0.460 e. The molecule has 8 nitrogen and oxygen atoms in total. The van der Waals surface area contributed by atoms with Crippen molar-refractivity contribution in [2.45, 2.75) is 44.5 Å². The zero-order valence-electron chi connectivity index (χ0n) is 14.5. The summed E-state index contributed by atoms with van der Waals surface area (Å²) in [6.07, 6.45) is -4.86. The second kappa shape index (κ2) is 7.55. The highest BCUT2D eigenvalue weighted by atomic mass is 16.7. The molecule has 1 aromatic carbocycles. The number of aliphatic hydroxyl groups is 3.